The van der Waals surface area contributed by atoms with E-state index in [2.05, 4.69) is 4.99 Å². The summed E-state index contributed by atoms with van der Waals surface area (Å²) in [7, 11) is 1.59. The minimum atomic E-state index is -0.492. The summed E-state index contributed by atoms with van der Waals surface area (Å²) in [5.41, 5.74) is 12.6. The van der Waals surface area contributed by atoms with Crippen molar-refractivity contribution in [2.45, 2.75) is 0 Å². The second-order valence-electron chi connectivity index (χ2n) is 4.54. The van der Waals surface area contributed by atoms with Crippen molar-refractivity contribution >= 4 is 23.5 Å². The monoisotopic (exact) mass is 295 g/mol. The standard InChI is InChI=1S/C17H17N3O2/c1-22-14-9-5-6-12(10-14)11-15(16(21)20-17(18)19)13-7-3-2-4-8-13/h2-11H,1H3,(H4,18,19,20,21)/b15-11+. The van der Waals surface area contributed by atoms with Crippen molar-refractivity contribution in [1.29, 1.82) is 0 Å². The Morgan fingerprint density at radius 2 is 1.82 bits per heavy atom. The largest absolute Gasteiger partial charge is 0.497 e. The molecule has 0 unspecified atom stereocenters. The molecule has 112 valence electrons. The first kappa shape index (κ1) is 15.3. The molecular weight excluding hydrogens is 278 g/mol. The molecular formula is C17H17N3O2. The van der Waals surface area contributed by atoms with Crippen LogP contribution < -0.4 is 16.2 Å². The highest BCUT2D eigenvalue weighted by molar-refractivity contribution is 6.26. The van der Waals surface area contributed by atoms with Crippen LogP contribution in [-0.4, -0.2) is 19.0 Å². The number of hydrogen-bond donors (Lipinski definition) is 2. The van der Waals surface area contributed by atoms with E-state index in [0.717, 1.165) is 11.1 Å². The molecule has 0 saturated heterocycles. The molecule has 5 nitrogen and oxygen atoms in total. The van der Waals surface area contributed by atoms with Gasteiger partial charge in [-0.2, -0.15) is 4.99 Å². The fourth-order valence-corrected chi connectivity index (χ4v) is 1.96. The van der Waals surface area contributed by atoms with Crippen molar-refractivity contribution in [2.75, 3.05) is 7.11 Å². The Hall–Kier alpha value is -3.08. The van der Waals surface area contributed by atoms with Crippen LogP contribution in [0.1, 0.15) is 11.1 Å². The first-order valence-corrected chi connectivity index (χ1v) is 6.65. The average molecular weight is 295 g/mol. The van der Waals surface area contributed by atoms with E-state index in [-0.39, 0.29) is 5.96 Å². The normalized spacial score (nSPS) is 10.9. The van der Waals surface area contributed by atoms with Crippen LogP contribution in [0.2, 0.25) is 0 Å². The Labute approximate surface area is 128 Å². The Morgan fingerprint density at radius 3 is 2.45 bits per heavy atom. The lowest BCUT2D eigenvalue weighted by Gasteiger charge is -2.06. The lowest BCUT2D eigenvalue weighted by atomic mass is 10.0. The third-order valence-electron chi connectivity index (χ3n) is 2.95. The summed E-state index contributed by atoms with van der Waals surface area (Å²) in [5.74, 6) is -0.0538. The highest BCUT2D eigenvalue weighted by Gasteiger charge is 2.11. The Kier molecular flexibility index (Phi) is 4.93. The van der Waals surface area contributed by atoms with Gasteiger partial charge in [0.15, 0.2) is 5.96 Å². The maximum Gasteiger partial charge on any atom is 0.280 e. The minimum absolute atomic E-state index is 0.266. The van der Waals surface area contributed by atoms with Crippen molar-refractivity contribution in [3.63, 3.8) is 0 Å². The highest BCUT2D eigenvalue weighted by atomic mass is 16.5. The fourth-order valence-electron chi connectivity index (χ4n) is 1.96. The highest BCUT2D eigenvalue weighted by Crippen LogP contribution is 2.22. The number of nitrogens with zero attached hydrogens (tertiary/aromatic N) is 1. The van der Waals surface area contributed by atoms with E-state index in [1.165, 1.54) is 0 Å². The maximum atomic E-state index is 12.3. The molecule has 0 radical (unpaired) electrons. The van der Waals surface area contributed by atoms with Crippen LogP contribution in [0.15, 0.2) is 59.6 Å². The third-order valence-corrected chi connectivity index (χ3v) is 2.95. The van der Waals surface area contributed by atoms with Gasteiger partial charge in [-0.15, -0.1) is 0 Å². The van der Waals surface area contributed by atoms with Crippen LogP contribution in [0.4, 0.5) is 0 Å². The number of nitrogens with two attached hydrogens (primary N) is 2. The number of guanidine groups is 1. The van der Waals surface area contributed by atoms with Crippen molar-refractivity contribution in [3.8, 4) is 5.75 Å². The quantitative estimate of drug-likeness (QED) is 0.391. The molecule has 2 aromatic carbocycles. The number of carbonyl (C=O) groups is 1. The van der Waals surface area contributed by atoms with Gasteiger partial charge in [0, 0.05) is 5.57 Å². The van der Waals surface area contributed by atoms with Gasteiger partial charge in [-0.1, -0.05) is 42.5 Å². The van der Waals surface area contributed by atoms with E-state index in [1.54, 1.807) is 13.2 Å². The topological polar surface area (TPSA) is 90.7 Å². The number of methoxy groups -OCH3 is 1. The molecule has 5 heteroatoms. The van der Waals surface area contributed by atoms with Crippen LogP contribution in [-0.2, 0) is 4.79 Å². The smallest absolute Gasteiger partial charge is 0.280 e. The summed E-state index contributed by atoms with van der Waals surface area (Å²) in [6.07, 6.45) is 1.73. The van der Waals surface area contributed by atoms with Crippen LogP contribution in [0.3, 0.4) is 0 Å². The zero-order valence-electron chi connectivity index (χ0n) is 12.2. The van der Waals surface area contributed by atoms with Gasteiger partial charge in [0.25, 0.3) is 5.91 Å². The second kappa shape index (κ2) is 7.08. The molecule has 0 atom stereocenters. The molecule has 0 spiro atoms. The maximum absolute atomic E-state index is 12.3. The summed E-state index contributed by atoms with van der Waals surface area (Å²) < 4.78 is 5.19. The number of carbonyl (C=O) groups excluding carboxylic acids is 1. The molecule has 0 aliphatic rings. The van der Waals surface area contributed by atoms with Crippen molar-refractivity contribution in [1.82, 2.24) is 0 Å². The zero-order chi connectivity index (χ0) is 15.9. The summed E-state index contributed by atoms with van der Waals surface area (Å²) in [4.78, 5) is 15.9. The van der Waals surface area contributed by atoms with Gasteiger partial charge in [0.1, 0.15) is 5.75 Å². The van der Waals surface area contributed by atoms with Crippen LogP contribution in [0.25, 0.3) is 11.6 Å². The van der Waals surface area contributed by atoms with E-state index >= 15 is 0 Å². The van der Waals surface area contributed by atoms with Gasteiger partial charge in [-0.3, -0.25) is 4.79 Å². The molecule has 2 aromatic rings. The summed E-state index contributed by atoms with van der Waals surface area (Å²) in [6.45, 7) is 0. The molecule has 0 aromatic heterocycles. The number of benzene rings is 2. The summed E-state index contributed by atoms with van der Waals surface area (Å²) in [6, 6.07) is 16.6. The van der Waals surface area contributed by atoms with Crippen LogP contribution in [0, 0.1) is 0 Å². The van der Waals surface area contributed by atoms with E-state index in [0.29, 0.717) is 11.3 Å². The predicted octanol–water partition coefficient (Wildman–Crippen LogP) is 2.04. The number of aliphatic imine (C=N–C) groups is 1. The van der Waals surface area contributed by atoms with Gasteiger partial charge >= 0.3 is 0 Å². The van der Waals surface area contributed by atoms with Crippen molar-refractivity contribution in [3.05, 3.63) is 65.7 Å². The van der Waals surface area contributed by atoms with Crippen molar-refractivity contribution < 1.29 is 9.53 Å². The lowest BCUT2D eigenvalue weighted by Crippen LogP contribution is -2.24. The van der Waals surface area contributed by atoms with E-state index in [4.69, 9.17) is 16.2 Å². The van der Waals surface area contributed by atoms with Crippen molar-refractivity contribution in [2.24, 2.45) is 16.5 Å². The Bertz CT molecular complexity index is 718. The number of amides is 1. The van der Waals surface area contributed by atoms with Gasteiger partial charge in [0.05, 0.1) is 7.11 Å². The van der Waals surface area contributed by atoms with Gasteiger partial charge in [-0.05, 0) is 29.3 Å². The zero-order valence-corrected chi connectivity index (χ0v) is 12.2. The lowest BCUT2D eigenvalue weighted by molar-refractivity contribution is -0.112. The molecule has 0 bridgehead atoms. The fraction of sp³-hybridized carbons (Fsp3) is 0.0588. The Morgan fingerprint density at radius 1 is 1.09 bits per heavy atom. The summed E-state index contributed by atoms with van der Waals surface area (Å²) in [5, 5.41) is 0. The van der Waals surface area contributed by atoms with Gasteiger partial charge in [-0.25, -0.2) is 0 Å². The molecule has 0 fully saturated rings. The number of ether oxygens (including phenoxy) is 1. The van der Waals surface area contributed by atoms with Crippen LogP contribution >= 0.6 is 0 Å². The minimum Gasteiger partial charge on any atom is -0.497 e. The van der Waals surface area contributed by atoms with E-state index in [9.17, 15) is 4.79 Å². The molecule has 0 aliphatic carbocycles. The molecule has 22 heavy (non-hydrogen) atoms. The molecule has 0 heterocycles. The van der Waals surface area contributed by atoms with E-state index in [1.807, 2.05) is 54.6 Å². The van der Waals surface area contributed by atoms with Crippen LogP contribution in [0.5, 0.6) is 5.75 Å². The molecule has 0 aliphatic heterocycles. The molecule has 2 rings (SSSR count). The third kappa shape index (κ3) is 3.96. The first-order chi connectivity index (χ1) is 10.6. The molecule has 0 saturated carbocycles. The predicted molar refractivity (Wildman–Crippen MR) is 88.1 cm³/mol. The average Bonchev–Trinajstić information content (AvgIpc) is 2.53. The van der Waals surface area contributed by atoms with Gasteiger partial charge < -0.3 is 16.2 Å². The number of rotatable bonds is 4. The summed E-state index contributed by atoms with van der Waals surface area (Å²) >= 11 is 0. The second-order valence-corrected chi connectivity index (χ2v) is 4.54. The SMILES string of the molecule is COc1cccc(/C=C(/C(=O)N=C(N)N)c2ccccc2)c1. The number of hydrogen-bond acceptors (Lipinski definition) is 2. The first-order valence-electron chi connectivity index (χ1n) is 6.65. The van der Waals surface area contributed by atoms with E-state index < -0.39 is 5.91 Å². The molecule has 4 N–H and O–H groups in total. The molecule has 1 amide bonds. The Balaban J connectivity index is 2.50. The van der Waals surface area contributed by atoms with Gasteiger partial charge in [0.2, 0.25) is 0 Å².